The second-order valence-electron chi connectivity index (χ2n) is 5.40. The van der Waals surface area contributed by atoms with Gasteiger partial charge in [0.25, 0.3) is 5.91 Å². The first kappa shape index (κ1) is 16.7. The molecule has 1 heterocycles. The summed E-state index contributed by atoms with van der Waals surface area (Å²) in [6, 6.07) is 3.72. The van der Waals surface area contributed by atoms with Gasteiger partial charge in [-0.1, -0.05) is 12.8 Å². The van der Waals surface area contributed by atoms with Crippen molar-refractivity contribution in [2.45, 2.75) is 44.8 Å². The molecule has 1 saturated carbocycles. The Hall–Kier alpha value is -2.64. The molecule has 3 amide bonds. The lowest BCUT2D eigenvalue weighted by Crippen LogP contribution is -2.47. The van der Waals surface area contributed by atoms with Crippen molar-refractivity contribution in [3.63, 3.8) is 0 Å². The van der Waals surface area contributed by atoms with Gasteiger partial charge in [-0.15, -0.1) is 0 Å². The second-order valence-corrected chi connectivity index (χ2v) is 5.40. The molecule has 2 rings (SSSR count). The minimum absolute atomic E-state index is 0.0735. The number of nitrogens with zero attached hydrogens (tertiary/aromatic N) is 1. The van der Waals surface area contributed by atoms with E-state index in [2.05, 4.69) is 10.6 Å². The van der Waals surface area contributed by atoms with E-state index in [1.54, 1.807) is 0 Å². The van der Waals surface area contributed by atoms with Crippen LogP contribution >= 0.6 is 0 Å². The monoisotopic (exact) mass is 321 g/mol. The van der Waals surface area contributed by atoms with Crippen molar-refractivity contribution < 1.29 is 23.9 Å². The van der Waals surface area contributed by atoms with Gasteiger partial charge in [-0.3, -0.25) is 10.1 Å². The third-order valence-electron chi connectivity index (χ3n) is 3.61. The molecule has 1 aromatic rings. The summed E-state index contributed by atoms with van der Waals surface area (Å²) in [6.45, 7) is 1.33. The predicted octanol–water partition coefficient (Wildman–Crippen LogP) is 0.634. The van der Waals surface area contributed by atoms with Gasteiger partial charge in [-0.25, -0.2) is 9.59 Å². The van der Waals surface area contributed by atoms with Crippen LogP contribution in [0.4, 0.5) is 4.79 Å². The third kappa shape index (κ3) is 4.67. The summed E-state index contributed by atoms with van der Waals surface area (Å²) >= 11 is 0. The Morgan fingerprint density at radius 3 is 2.65 bits per heavy atom. The molecular formula is C15H19N3O5. The predicted molar refractivity (Wildman–Crippen MR) is 79.2 cm³/mol. The number of carbonyl (C=O) groups excluding carboxylic acids is 3. The maximum atomic E-state index is 11.8. The van der Waals surface area contributed by atoms with Gasteiger partial charge in [0.2, 0.25) is 0 Å². The number of nitrogens with one attached hydrogen (secondary N) is 2. The zero-order valence-electron chi connectivity index (χ0n) is 12.8. The summed E-state index contributed by atoms with van der Waals surface area (Å²) < 4.78 is 5.25. The highest BCUT2D eigenvalue weighted by atomic mass is 16.6. The van der Waals surface area contributed by atoms with Crippen LogP contribution in [0.3, 0.4) is 0 Å². The van der Waals surface area contributed by atoms with Gasteiger partial charge in [0.15, 0.2) is 12.3 Å². The number of aromatic nitrogens is 1. The molecule has 8 heteroatoms. The average Bonchev–Trinajstić information content (AvgIpc) is 3.00. The molecule has 0 unspecified atom stereocenters. The molecule has 1 atom stereocenters. The molecule has 0 spiro atoms. The Balaban J connectivity index is 1.83. The van der Waals surface area contributed by atoms with Gasteiger partial charge in [0, 0.05) is 18.2 Å². The van der Waals surface area contributed by atoms with Crippen LogP contribution in [-0.4, -0.2) is 30.1 Å². The lowest BCUT2D eigenvalue weighted by Gasteiger charge is -2.15. The van der Waals surface area contributed by atoms with Crippen LogP contribution in [0.1, 0.15) is 43.1 Å². The first-order valence-electron chi connectivity index (χ1n) is 7.48. The number of rotatable bonds is 4. The van der Waals surface area contributed by atoms with Gasteiger partial charge in [-0.05, 0) is 25.8 Å². The maximum Gasteiger partial charge on any atom is 0.405 e. The van der Waals surface area contributed by atoms with E-state index in [0.29, 0.717) is 4.73 Å². The van der Waals surface area contributed by atoms with Crippen molar-refractivity contribution in [2.75, 3.05) is 0 Å². The number of urea groups is 1. The molecule has 0 bridgehead atoms. The van der Waals surface area contributed by atoms with Gasteiger partial charge in [-0.2, -0.15) is 4.73 Å². The molecule has 0 aromatic carbocycles. The highest BCUT2D eigenvalue weighted by Gasteiger charge is 2.25. The zero-order chi connectivity index (χ0) is 16.8. The van der Waals surface area contributed by atoms with Crippen molar-refractivity contribution in [3.8, 4) is 0 Å². The summed E-state index contributed by atoms with van der Waals surface area (Å²) in [7, 11) is 0. The van der Waals surface area contributed by atoms with Crippen molar-refractivity contribution in [3.05, 3.63) is 35.3 Å². The molecule has 0 radical (unpaired) electrons. The highest BCUT2D eigenvalue weighted by molar-refractivity contribution is 5.98. The quantitative estimate of drug-likeness (QED) is 0.480. The first-order chi connectivity index (χ1) is 11.0. The van der Waals surface area contributed by atoms with E-state index in [0.717, 1.165) is 31.9 Å². The fraction of sp³-hybridized carbons (Fsp3) is 0.467. The van der Waals surface area contributed by atoms with Gasteiger partial charge in [0.05, 0.1) is 0 Å². The standard InChI is InChI=1S/C15H19N3O5/c1-10(23-14(20)12-8-4-5-9-18(12)22)13(19)17-15(21)16-11-6-2-3-7-11/h4-5,8-11H,2-3,6-7H2,1H3,(H2,16,17,19,21)/t10-/m1/s1. The number of ether oxygens (including phenoxy) is 1. The second kappa shape index (κ2) is 7.57. The topological polar surface area (TPSA) is 111 Å². The molecular weight excluding hydrogens is 302 g/mol. The van der Waals surface area contributed by atoms with Crippen LogP contribution < -0.4 is 15.4 Å². The molecule has 1 aliphatic rings. The number of amides is 3. The molecule has 1 aliphatic carbocycles. The van der Waals surface area contributed by atoms with Crippen LogP contribution in [0.5, 0.6) is 0 Å². The van der Waals surface area contributed by atoms with Crippen molar-refractivity contribution >= 4 is 17.9 Å². The molecule has 0 saturated heterocycles. The van der Waals surface area contributed by atoms with Crippen LogP contribution in [-0.2, 0) is 9.53 Å². The molecule has 8 nitrogen and oxygen atoms in total. The molecule has 23 heavy (non-hydrogen) atoms. The minimum atomic E-state index is -1.20. The number of hydrogen-bond donors (Lipinski definition) is 2. The van der Waals surface area contributed by atoms with E-state index in [9.17, 15) is 19.6 Å². The first-order valence-corrected chi connectivity index (χ1v) is 7.48. The Morgan fingerprint density at radius 1 is 1.30 bits per heavy atom. The minimum Gasteiger partial charge on any atom is -0.618 e. The number of pyridine rings is 1. The van der Waals surface area contributed by atoms with Crippen LogP contribution in [0.25, 0.3) is 0 Å². The van der Waals surface area contributed by atoms with E-state index >= 15 is 0 Å². The fourth-order valence-electron chi connectivity index (χ4n) is 2.37. The number of esters is 1. The van der Waals surface area contributed by atoms with E-state index in [1.165, 1.54) is 25.1 Å². The molecule has 124 valence electrons. The van der Waals surface area contributed by atoms with Crippen LogP contribution in [0, 0.1) is 5.21 Å². The van der Waals surface area contributed by atoms with Crippen molar-refractivity contribution in [2.24, 2.45) is 0 Å². The summed E-state index contributed by atoms with van der Waals surface area (Å²) in [5.74, 6) is -1.68. The van der Waals surface area contributed by atoms with Crippen molar-refractivity contribution in [1.82, 2.24) is 10.6 Å². The summed E-state index contributed by atoms with van der Waals surface area (Å²) in [5.41, 5.74) is -0.234. The normalized spacial score (nSPS) is 15.7. The highest BCUT2D eigenvalue weighted by Crippen LogP contribution is 2.17. The number of carbonyl (C=O) groups is 3. The van der Waals surface area contributed by atoms with E-state index < -0.39 is 24.0 Å². The van der Waals surface area contributed by atoms with Gasteiger partial charge >= 0.3 is 17.7 Å². The average molecular weight is 321 g/mol. The Bertz CT molecular complexity index is 599. The SMILES string of the molecule is C[C@@H](OC(=O)c1cccc[n+]1[O-])C(=O)NC(=O)NC1CCCC1. The number of imide groups is 1. The largest absolute Gasteiger partial charge is 0.618 e. The zero-order valence-corrected chi connectivity index (χ0v) is 12.8. The van der Waals surface area contributed by atoms with Crippen LogP contribution in [0.2, 0.25) is 0 Å². The summed E-state index contributed by atoms with van der Waals surface area (Å²) in [4.78, 5) is 35.4. The van der Waals surface area contributed by atoms with E-state index in [-0.39, 0.29) is 11.7 Å². The summed E-state index contributed by atoms with van der Waals surface area (Å²) in [6.07, 6.45) is 3.85. The van der Waals surface area contributed by atoms with E-state index in [1.807, 2.05) is 0 Å². The Labute approximate surface area is 133 Å². The lowest BCUT2D eigenvalue weighted by atomic mass is 10.2. The third-order valence-corrected chi connectivity index (χ3v) is 3.61. The summed E-state index contributed by atoms with van der Waals surface area (Å²) in [5, 5.41) is 16.3. The lowest BCUT2D eigenvalue weighted by molar-refractivity contribution is -0.608. The Morgan fingerprint density at radius 2 is 2.00 bits per heavy atom. The van der Waals surface area contributed by atoms with Crippen molar-refractivity contribution in [1.29, 1.82) is 0 Å². The van der Waals surface area contributed by atoms with Gasteiger partial charge < -0.3 is 15.3 Å². The van der Waals surface area contributed by atoms with Crippen LogP contribution in [0.15, 0.2) is 24.4 Å². The molecule has 0 aliphatic heterocycles. The Kier molecular flexibility index (Phi) is 5.51. The smallest absolute Gasteiger partial charge is 0.405 e. The molecule has 1 aromatic heterocycles. The number of hydrogen-bond acceptors (Lipinski definition) is 5. The molecule has 2 N–H and O–H groups in total. The van der Waals surface area contributed by atoms with E-state index in [4.69, 9.17) is 4.74 Å². The fourth-order valence-corrected chi connectivity index (χ4v) is 2.37. The van der Waals surface area contributed by atoms with Gasteiger partial charge in [0.1, 0.15) is 0 Å². The molecule has 1 fully saturated rings. The maximum absolute atomic E-state index is 11.8.